The number of nitrogens with two attached hydrogens (primary N) is 1. The van der Waals surface area contributed by atoms with E-state index < -0.39 is 68.1 Å². The summed E-state index contributed by atoms with van der Waals surface area (Å²) in [5.74, 6) is -1.47. The van der Waals surface area contributed by atoms with Crippen molar-refractivity contribution in [3.63, 3.8) is 0 Å². The van der Waals surface area contributed by atoms with Gasteiger partial charge in [-0.25, -0.2) is 0 Å². The first-order valence-electron chi connectivity index (χ1n) is 17.7. The average Bonchev–Trinajstić information content (AvgIpc) is 3.24. The number of benzene rings is 6. The molecule has 0 aliphatic rings. The van der Waals surface area contributed by atoms with Gasteiger partial charge in [0.05, 0.1) is 49.5 Å². The van der Waals surface area contributed by atoms with Gasteiger partial charge in [-0.15, -0.1) is 20.5 Å². The highest BCUT2D eigenvalue weighted by atomic mass is 32.2. The summed E-state index contributed by atoms with van der Waals surface area (Å²) in [4.78, 5) is 9.01. The number of azo groups is 3. The Hall–Kier alpha value is -6.76. The second-order valence-electron chi connectivity index (χ2n) is 13.1. The number of aryl methyl sites for hydroxylation is 1. The van der Waals surface area contributed by atoms with Crippen molar-refractivity contribution in [3.8, 4) is 11.5 Å². The molecular weight excluding hydrogens is 871 g/mol. The van der Waals surface area contributed by atoms with Gasteiger partial charge in [0.25, 0.3) is 36.8 Å². The summed E-state index contributed by atoms with van der Waals surface area (Å²) in [5.41, 5.74) is 7.86. The van der Waals surface area contributed by atoms with Crippen molar-refractivity contribution in [2.45, 2.75) is 29.1 Å². The lowest BCUT2D eigenvalue weighted by atomic mass is 10.0. The van der Waals surface area contributed by atoms with Gasteiger partial charge in [0, 0.05) is 16.8 Å². The van der Waals surface area contributed by atoms with Gasteiger partial charge in [0.15, 0.2) is 5.75 Å². The second kappa shape index (κ2) is 18.1. The molecule has 0 aromatic heterocycles. The summed E-state index contributed by atoms with van der Waals surface area (Å²) in [6, 6.07) is 21.0. The van der Waals surface area contributed by atoms with Crippen LogP contribution in [0.1, 0.15) is 16.7 Å². The molecule has 0 saturated carbocycles. The standard InChI is InChI=1S/C39H35N7O13S3/c1-22-14-31(33(56-2)17-30(22)43-41-26-12-9-23(10-13-26)19-59-21-47)44-45-32-18-34(61(52,53)57-3)28-16-35(62(54,55)58-4)38(39(48)36(28)37(32)40)46-42-29-7-5-6-25-11-8-24(15-27(25)29)20-60(49,50)51/h5-18,21,48H,19-20,40H2,1-4H3,(H,49,50,51). The van der Waals surface area contributed by atoms with E-state index in [1.165, 1.54) is 31.4 Å². The third-order valence-corrected chi connectivity index (χ3v) is 12.4. The molecule has 6 aromatic carbocycles. The molecule has 4 N–H and O–H groups in total. The molecule has 0 amide bonds. The zero-order valence-corrected chi connectivity index (χ0v) is 35.4. The van der Waals surface area contributed by atoms with Crippen LogP contribution in [0.3, 0.4) is 0 Å². The fraction of sp³-hybridized carbons (Fsp3) is 0.154. The van der Waals surface area contributed by atoms with Gasteiger partial charge in [-0.3, -0.25) is 17.7 Å². The van der Waals surface area contributed by atoms with Gasteiger partial charge in [0.1, 0.15) is 45.0 Å². The predicted molar refractivity (Wildman–Crippen MR) is 225 cm³/mol. The predicted octanol–water partition coefficient (Wildman–Crippen LogP) is 8.58. The van der Waals surface area contributed by atoms with Crippen molar-refractivity contribution in [1.29, 1.82) is 0 Å². The maximum absolute atomic E-state index is 13.4. The van der Waals surface area contributed by atoms with E-state index in [0.717, 1.165) is 31.9 Å². The number of anilines is 1. The van der Waals surface area contributed by atoms with E-state index in [1.807, 2.05) is 0 Å². The first kappa shape index (κ1) is 44.8. The van der Waals surface area contributed by atoms with Crippen LogP contribution in [0.5, 0.6) is 11.5 Å². The number of methoxy groups -OCH3 is 1. The molecule has 0 bridgehead atoms. The molecule has 23 heteroatoms. The lowest BCUT2D eigenvalue weighted by Crippen LogP contribution is -2.07. The Kier molecular flexibility index (Phi) is 13.1. The Morgan fingerprint density at radius 1 is 0.677 bits per heavy atom. The van der Waals surface area contributed by atoms with E-state index in [9.17, 15) is 39.7 Å². The number of aromatic hydroxyl groups is 1. The third-order valence-electron chi connectivity index (χ3n) is 9.12. The number of hydrogen-bond donors (Lipinski definition) is 3. The summed E-state index contributed by atoms with van der Waals surface area (Å²) in [7, 11) is -10.8. The Labute approximate surface area is 354 Å². The molecule has 0 spiro atoms. The fourth-order valence-electron chi connectivity index (χ4n) is 6.08. The number of rotatable bonds is 16. The lowest BCUT2D eigenvalue weighted by molar-refractivity contribution is -0.129. The van der Waals surface area contributed by atoms with E-state index in [0.29, 0.717) is 34.2 Å². The Morgan fingerprint density at radius 2 is 1.32 bits per heavy atom. The largest absolute Gasteiger partial charge is 0.505 e. The van der Waals surface area contributed by atoms with E-state index >= 15 is 0 Å². The van der Waals surface area contributed by atoms with E-state index in [4.69, 9.17) is 23.6 Å². The number of phenolic OH excluding ortho intramolecular Hbond substituents is 1. The van der Waals surface area contributed by atoms with Gasteiger partial charge in [-0.2, -0.15) is 35.5 Å². The molecular formula is C39H35N7O13S3. The molecule has 322 valence electrons. The van der Waals surface area contributed by atoms with Gasteiger partial charge >= 0.3 is 0 Å². The molecule has 0 radical (unpaired) electrons. The molecule has 6 aromatic rings. The Balaban J connectivity index is 1.48. The van der Waals surface area contributed by atoms with Crippen molar-refractivity contribution in [2.24, 2.45) is 30.7 Å². The molecule has 0 atom stereocenters. The molecule has 0 fully saturated rings. The first-order valence-corrected chi connectivity index (χ1v) is 22.1. The van der Waals surface area contributed by atoms with Crippen LogP contribution in [-0.2, 0) is 60.6 Å². The smallest absolute Gasteiger partial charge is 0.299 e. The Morgan fingerprint density at radius 3 is 1.98 bits per heavy atom. The highest BCUT2D eigenvalue weighted by molar-refractivity contribution is 7.87. The number of nitrogen functional groups attached to an aromatic ring is 1. The van der Waals surface area contributed by atoms with Gasteiger partial charge in [-0.05, 0) is 71.5 Å². The van der Waals surface area contributed by atoms with Crippen LogP contribution in [0.4, 0.5) is 39.8 Å². The van der Waals surface area contributed by atoms with Crippen molar-refractivity contribution >= 4 is 98.2 Å². The highest BCUT2D eigenvalue weighted by Crippen LogP contribution is 2.49. The molecule has 0 aliphatic heterocycles. The van der Waals surface area contributed by atoms with E-state index in [-0.39, 0.29) is 40.7 Å². The van der Waals surface area contributed by atoms with Crippen LogP contribution < -0.4 is 10.5 Å². The highest BCUT2D eigenvalue weighted by Gasteiger charge is 2.30. The number of carbonyl (C=O) groups excluding carboxylic acids is 1. The van der Waals surface area contributed by atoms with Crippen LogP contribution in [0.2, 0.25) is 0 Å². The number of carbonyl (C=O) groups is 1. The maximum Gasteiger partial charge on any atom is 0.299 e. The van der Waals surface area contributed by atoms with Crippen molar-refractivity contribution in [1.82, 2.24) is 0 Å². The molecule has 20 nitrogen and oxygen atoms in total. The normalized spacial score (nSPS) is 12.6. The van der Waals surface area contributed by atoms with Crippen molar-refractivity contribution in [2.75, 3.05) is 27.1 Å². The molecule has 0 heterocycles. The zero-order valence-electron chi connectivity index (χ0n) is 32.9. The van der Waals surface area contributed by atoms with Crippen LogP contribution in [0.15, 0.2) is 125 Å². The average molecular weight is 906 g/mol. The topological polar surface area (TPSA) is 297 Å². The molecule has 0 aliphatic carbocycles. The van der Waals surface area contributed by atoms with Crippen molar-refractivity contribution < 1.29 is 57.5 Å². The monoisotopic (exact) mass is 905 g/mol. The number of nitrogens with zero attached hydrogens (tertiary/aromatic N) is 6. The van der Waals surface area contributed by atoms with E-state index in [2.05, 4.69) is 30.7 Å². The number of fused-ring (bicyclic) bond motifs is 2. The lowest BCUT2D eigenvalue weighted by Gasteiger charge is -2.16. The summed E-state index contributed by atoms with van der Waals surface area (Å²) in [5, 5.41) is 37.2. The van der Waals surface area contributed by atoms with E-state index in [1.54, 1.807) is 55.5 Å². The summed E-state index contributed by atoms with van der Waals surface area (Å²) in [6.07, 6.45) is 0. The molecule has 0 saturated heterocycles. The zero-order chi connectivity index (χ0) is 45.0. The minimum Gasteiger partial charge on any atom is -0.505 e. The van der Waals surface area contributed by atoms with Gasteiger partial charge in [0.2, 0.25) is 0 Å². The minimum absolute atomic E-state index is 0.0893. The number of hydrogen-bond acceptors (Lipinski definition) is 19. The minimum atomic E-state index is -4.77. The summed E-state index contributed by atoms with van der Waals surface area (Å²) in [6.45, 7) is 2.18. The van der Waals surface area contributed by atoms with Crippen molar-refractivity contribution in [3.05, 3.63) is 102 Å². The SMILES string of the molecule is COc1cc(N=Nc2ccc(COC=O)cc2)c(C)cc1N=Nc1cc(S(=O)(=O)OC)c2cc(S(=O)(=O)OC)c(N=Nc3cccc4ccc(CS(=O)(=O)O)cc34)c(O)c2c1N. The third kappa shape index (κ3) is 9.72. The van der Waals surface area contributed by atoms with Crippen LogP contribution in [0.25, 0.3) is 21.5 Å². The quantitative estimate of drug-likeness (QED) is 0.0269. The van der Waals surface area contributed by atoms with Crippen LogP contribution in [-0.4, -0.2) is 62.7 Å². The molecule has 62 heavy (non-hydrogen) atoms. The van der Waals surface area contributed by atoms with Gasteiger partial charge in [-0.1, -0.05) is 36.4 Å². The Bertz CT molecular complexity index is 3180. The summed E-state index contributed by atoms with van der Waals surface area (Å²) < 4.78 is 106. The van der Waals surface area contributed by atoms with Crippen LogP contribution in [0, 0.1) is 6.92 Å². The van der Waals surface area contributed by atoms with Gasteiger partial charge < -0.3 is 20.3 Å². The first-order chi connectivity index (χ1) is 29.4. The van der Waals surface area contributed by atoms with Crippen LogP contribution >= 0.6 is 0 Å². The fourth-order valence-corrected chi connectivity index (χ4v) is 8.36. The molecule has 6 rings (SSSR count). The maximum atomic E-state index is 13.4. The summed E-state index contributed by atoms with van der Waals surface area (Å²) >= 11 is 0. The second-order valence-corrected chi connectivity index (χ2v) is 17.9. The number of ether oxygens (including phenoxy) is 2. The molecule has 0 unspecified atom stereocenters. The number of phenols is 1.